The quantitative estimate of drug-likeness (QED) is 0.473. The molecule has 31 heavy (non-hydrogen) atoms. The van der Waals surface area contributed by atoms with Crippen molar-refractivity contribution < 1.29 is 18.0 Å². The largest absolute Gasteiger partial charge is 0.370 e. The molecule has 0 aromatic heterocycles. The lowest BCUT2D eigenvalue weighted by Crippen LogP contribution is -2.48. The zero-order valence-corrected chi connectivity index (χ0v) is 18.0. The van der Waals surface area contributed by atoms with Crippen molar-refractivity contribution in [2.24, 2.45) is 5.73 Å². The summed E-state index contributed by atoms with van der Waals surface area (Å²) in [5.41, 5.74) is 6.88. The smallest absolute Gasteiger partial charge is 0.241 e. The van der Waals surface area contributed by atoms with Crippen molar-refractivity contribution in [1.82, 2.24) is 10.0 Å². The van der Waals surface area contributed by atoms with Crippen molar-refractivity contribution in [3.05, 3.63) is 77.9 Å². The van der Waals surface area contributed by atoms with E-state index in [4.69, 9.17) is 5.73 Å². The van der Waals surface area contributed by atoms with Gasteiger partial charge in [-0.25, -0.2) is 8.42 Å². The molecule has 0 spiro atoms. The summed E-state index contributed by atoms with van der Waals surface area (Å²) in [6, 6.07) is 18.6. The minimum atomic E-state index is -4.01. The molecule has 1 atom stereocenters. The van der Waals surface area contributed by atoms with E-state index in [2.05, 4.69) is 10.0 Å². The van der Waals surface area contributed by atoms with Crippen molar-refractivity contribution >= 4 is 32.6 Å². The summed E-state index contributed by atoms with van der Waals surface area (Å²) in [5, 5.41) is 4.00. The van der Waals surface area contributed by atoms with Crippen molar-refractivity contribution in [3.63, 3.8) is 0 Å². The molecule has 1 unspecified atom stereocenters. The number of sulfonamides is 1. The number of benzene rings is 3. The highest BCUT2D eigenvalue weighted by atomic mass is 32.2. The van der Waals surface area contributed by atoms with E-state index in [9.17, 15) is 18.0 Å². The van der Waals surface area contributed by atoms with Gasteiger partial charge in [0, 0.05) is 18.4 Å². The molecule has 0 aliphatic heterocycles. The average molecular weight is 440 g/mol. The van der Waals surface area contributed by atoms with Crippen LogP contribution in [0.25, 0.3) is 10.8 Å². The SMILES string of the molecule is Cc1ccc(S(=O)(=O)NC(Cc2ccccc2)C(=O)NCCC(N)=O)c2ccccc12. The lowest BCUT2D eigenvalue weighted by atomic mass is 10.1. The zero-order chi connectivity index (χ0) is 22.4. The highest BCUT2D eigenvalue weighted by molar-refractivity contribution is 7.89. The fraction of sp³-hybridized carbons (Fsp3) is 0.217. The lowest BCUT2D eigenvalue weighted by Gasteiger charge is -2.19. The van der Waals surface area contributed by atoms with Crippen LogP contribution in [0, 0.1) is 6.92 Å². The van der Waals surface area contributed by atoms with Gasteiger partial charge in [0.1, 0.15) is 6.04 Å². The summed E-state index contributed by atoms with van der Waals surface area (Å²) >= 11 is 0. The average Bonchev–Trinajstić information content (AvgIpc) is 2.74. The van der Waals surface area contributed by atoms with Gasteiger partial charge in [0.15, 0.2) is 0 Å². The normalized spacial score (nSPS) is 12.4. The van der Waals surface area contributed by atoms with E-state index in [0.29, 0.717) is 5.39 Å². The Kier molecular flexibility index (Phi) is 7.04. The Balaban J connectivity index is 1.91. The lowest BCUT2D eigenvalue weighted by molar-refractivity contribution is -0.123. The maximum absolute atomic E-state index is 13.3. The van der Waals surface area contributed by atoms with Crippen LogP contribution in [-0.4, -0.2) is 32.8 Å². The van der Waals surface area contributed by atoms with E-state index >= 15 is 0 Å². The molecular weight excluding hydrogens is 414 g/mol. The first-order valence-corrected chi connectivity index (χ1v) is 11.4. The summed E-state index contributed by atoms with van der Waals surface area (Å²) in [7, 11) is -4.01. The molecule has 4 N–H and O–H groups in total. The molecule has 0 aliphatic carbocycles. The van der Waals surface area contributed by atoms with Crippen LogP contribution >= 0.6 is 0 Å². The Morgan fingerprint density at radius 1 is 0.935 bits per heavy atom. The summed E-state index contributed by atoms with van der Waals surface area (Å²) < 4.78 is 29.1. The molecular formula is C23H25N3O4S. The molecule has 3 aromatic rings. The number of carbonyl (C=O) groups excluding carboxylic acids is 2. The number of rotatable bonds is 9. The summed E-state index contributed by atoms with van der Waals surface area (Å²) in [6.07, 6.45) is 0.130. The van der Waals surface area contributed by atoms with Gasteiger partial charge in [-0.1, -0.05) is 60.7 Å². The number of hydrogen-bond donors (Lipinski definition) is 3. The van der Waals surface area contributed by atoms with Crippen LogP contribution in [0.15, 0.2) is 71.6 Å². The number of hydrogen-bond acceptors (Lipinski definition) is 4. The number of nitrogens with one attached hydrogen (secondary N) is 2. The molecule has 3 rings (SSSR count). The second kappa shape index (κ2) is 9.72. The Bertz CT molecular complexity index is 1190. The van der Waals surface area contributed by atoms with E-state index in [1.165, 1.54) is 0 Å². The molecule has 0 fully saturated rings. The summed E-state index contributed by atoms with van der Waals surface area (Å²) in [4.78, 5) is 23.8. The van der Waals surface area contributed by atoms with E-state index in [0.717, 1.165) is 16.5 Å². The van der Waals surface area contributed by atoms with Crippen LogP contribution in [0.5, 0.6) is 0 Å². The minimum absolute atomic E-state index is 0.0286. The van der Waals surface area contributed by atoms with Crippen molar-refractivity contribution in [1.29, 1.82) is 0 Å². The van der Waals surface area contributed by atoms with E-state index in [1.54, 1.807) is 24.3 Å². The molecule has 2 amide bonds. The standard InChI is InChI=1S/C23H25N3O4S/c1-16-11-12-21(19-10-6-5-9-18(16)19)31(29,30)26-20(15-17-7-3-2-4-8-17)23(28)25-14-13-22(24)27/h2-12,20,26H,13-15H2,1H3,(H2,24,27)(H,25,28). The molecule has 8 heteroatoms. The van der Waals surface area contributed by atoms with Crippen LogP contribution in [-0.2, 0) is 26.0 Å². The van der Waals surface area contributed by atoms with Crippen LogP contribution in [0.1, 0.15) is 17.5 Å². The molecule has 7 nitrogen and oxygen atoms in total. The number of fused-ring (bicyclic) bond motifs is 1. The molecule has 0 saturated heterocycles. The molecule has 0 bridgehead atoms. The first kappa shape index (κ1) is 22.5. The minimum Gasteiger partial charge on any atom is -0.370 e. The summed E-state index contributed by atoms with van der Waals surface area (Å²) in [5.74, 6) is -1.07. The van der Waals surface area contributed by atoms with Gasteiger partial charge in [-0.05, 0) is 35.9 Å². The molecule has 0 radical (unpaired) electrons. The summed E-state index contributed by atoms with van der Waals surface area (Å²) in [6.45, 7) is 1.95. The highest BCUT2D eigenvalue weighted by Crippen LogP contribution is 2.26. The third-order valence-electron chi connectivity index (χ3n) is 4.96. The molecule has 162 valence electrons. The van der Waals surface area contributed by atoms with Gasteiger partial charge in [0.2, 0.25) is 21.8 Å². The van der Waals surface area contributed by atoms with Crippen LogP contribution in [0.2, 0.25) is 0 Å². The highest BCUT2D eigenvalue weighted by Gasteiger charge is 2.27. The second-order valence-corrected chi connectivity index (χ2v) is 8.98. The number of nitrogens with two attached hydrogens (primary N) is 1. The number of amides is 2. The maximum Gasteiger partial charge on any atom is 0.241 e. The second-order valence-electron chi connectivity index (χ2n) is 7.30. The van der Waals surface area contributed by atoms with Gasteiger partial charge >= 0.3 is 0 Å². The maximum atomic E-state index is 13.3. The Labute approximate surface area is 181 Å². The number of aryl methyl sites for hydroxylation is 1. The fourth-order valence-corrected chi connectivity index (χ4v) is 4.78. The topological polar surface area (TPSA) is 118 Å². The van der Waals surface area contributed by atoms with Gasteiger partial charge in [-0.3, -0.25) is 9.59 Å². The molecule has 0 heterocycles. The molecule has 0 aliphatic rings. The monoisotopic (exact) mass is 439 g/mol. The molecule has 0 saturated carbocycles. The van der Waals surface area contributed by atoms with Gasteiger partial charge in [0.05, 0.1) is 4.90 Å². The first-order valence-electron chi connectivity index (χ1n) is 9.88. The van der Waals surface area contributed by atoms with Gasteiger partial charge in [-0.15, -0.1) is 0 Å². The van der Waals surface area contributed by atoms with Crippen LogP contribution in [0.4, 0.5) is 0 Å². The first-order chi connectivity index (χ1) is 14.8. The third kappa shape index (κ3) is 5.68. The Morgan fingerprint density at radius 3 is 2.26 bits per heavy atom. The number of primary amides is 1. The molecule has 3 aromatic carbocycles. The van der Waals surface area contributed by atoms with Crippen molar-refractivity contribution in [3.8, 4) is 0 Å². The van der Waals surface area contributed by atoms with E-state index in [1.807, 2.05) is 49.4 Å². The van der Waals surface area contributed by atoms with Gasteiger partial charge < -0.3 is 11.1 Å². The Hall–Kier alpha value is -3.23. The van der Waals surface area contributed by atoms with E-state index < -0.39 is 27.9 Å². The van der Waals surface area contributed by atoms with Crippen molar-refractivity contribution in [2.45, 2.75) is 30.7 Å². The van der Waals surface area contributed by atoms with Crippen molar-refractivity contribution in [2.75, 3.05) is 6.54 Å². The van der Waals surface area contributed by atoms with E-state index in [-0.39, 0.29) is 24.3 Å². The third-order valence-corrected chi connectivity index (χ3v) is 6.49. The Morgan fingerprint density at radius 2 is 1.58 bits per heavy atom. The fourth-order valence-electron chi connectivity index (χ4n) is 3.38. The van der Waals surface area contributed by atoms with Crippen LogP contribution in [0.3, 0.4) is 0 Å². The number of carbonyl (C=O) groups is 2. The van der Waals surface area contributed by atoms with Gasteiger partial charge in [-0.2, -0.15) is 4.72 Å². The van der Waals surface area contributed by atoms with Gasteiger partial charge in [0.25, 0.3) is 0 Å². The predicted octanol–water partition coefficient (Wildman–Crippen LogP) is 2.03. The van der Waals surface area contributed by atoms with Crippen LogP contribution < -0.4 is 15.8 Å². The zero-order valence-electron chi connectivity index (χ0n) is 17.2. The predicted molar refractivity (Wildman–Crippen MR) is 120 cm³/mol.